The predicted octanol–water partition coefficient (Wildman–Crippen LogP) is 6.30. The van der Waals surface area contributed by atoms with Crippen LogP contribution in [0.3, 0.4) is 0 Å². The Bertz CT molecular complexity index is 3560. The predicted molar refractivity (Wildman–Crippen MR) is 220 cm³/mol. The second-order valence-corrected chi connectivity index (χ2v) is 15.7. The minimum absolute atomic E-state index is 0.260. The standard InChI is InChI=1S/C44H32F2N12O3/c1-44(58-39-31(51-42(58)59)11-13-38(52-39)54-22-49-30-10-8-25(46)18-35(30)54)20-26(19-32-28(44)5-4-15-47-32)56-36-21-48-41(55-23-50-29-6-2-3-7-34(29)55)53-40(36)57(43(56)60)33-14-16-61-37-12-9-24(45)17-27(33)37/h2-13,15,17-18,21-23,26,33H,14,16,19-20H2,1H3,(H,51,59)/t26?,33?,44-/m0/s1. The quantitative estimate of drug-likeness (QED) is 0.210. The van der Waals surface area contributed by atoms with Gasteiger partial charge in [0.25, 0.3) is 0 Å². The Morgan fingerprint density at radius 2 is 1.61 bits per heavy atom. The number of aromatic nitrogens is 12. The van der Waals surface area contributed by atoms with Crippen LogP contribution in [0.5, 0.6) is 5.75 Å². The van der Waals surface area contributed by atoms with E-state index in [9.17, 15) is 13.6 Å². The lowest BCUT2D eigenvalue weighted by Crippen LogP contribution is -2.46. The summed E-state index contributed by atoms with van der Waals surface area (Å²) in [5.74, 6) is 0.358. The zero-order valence-corrected chi connectivity index (χ0v) is 32.3. The summed E-state index contributed by atoms with van der Waals surface area (Å²) in [6, 6.07) is 22.4. The van der Waals surface area contributed by atoms with E-state index in [-0.39, 0.29) is 12.1 Å². The van der Waals surface area contributed by atoms with Crippen LogP contribution in [-0.4, -0.2) is 64.3 Å². The summed E-state index contributed by atoms with van der Waals surface area (Å²) in [5.41, 5.74) is 4.44. The molecule has 0 saturated heterocycles. The van der Waals surface area contributed by atoms with Gasteiger partial charge in [0.1, 0.15) is 41.4 Å². The summed E-state index contributed by atoms with van der Waals surface area (Å²) in [5, 5.41) is 0. The maximum Gasteiger partial charge on any atom is 0.331 e. The molecule has 3 aromatic carbocycles. The number of benzene rings is 3. The van der Waals surface area contributed by atoms with Crippen LogP contribution >= 0.6 is 0 Å². The molecule has 8 heterocycles. The van der Waals surface area contributed by atoms with Crippen LogP contribution in [0.4, 0.5) is 8.78 Å². The summed E-state index contributed by atoms with van der Waals surface area (Å²) < 4.78 is 43.7. The molecular weight excluding hydrogens is 783 g/mol. The number of fused-ring (bicyclic) bond motifs is 6. The minimum Gasteiger partial charge on any atom is -0.493 e. The molecule has 3 atom stereocenters. The van der Waals surface area contributed by atoms with Gasteiger partial charge in [-0.3, -0.25) is 27.8 Å². The molecule has 0 spiro atoms. The third-order valence-electron chi connectivity index (χ3n) is 12.3. The molecule has 15 nitrogen and oxygen atoms in total. The molecule has 0 bridgehead atoms. The Kier molecular flexibility index (Phi) is 7.40. The molecular formula is C44H32F2N12O3. The van der Waals surface area contributed by atoms with Crippen molar-refractivity contribution >= 4 is 44.4 Å². The molecule has 0 radical (unpaired) electrons. The Labute approximate surface area is 342 Å². The van der Waals surface area contributed by atoms with Crippen LogP contribution in [0.2, 0.25) is 0 Å². The molecule has 7 aromatic heterocycles. The number of imidazole rings is 4. The Hall–Kier alpha value is -7.82. The molecule has 10 aromatic rings. The zero-order valence-electron chi connectivity index (χ0n) is 32.3. The summed E-state index contributed by atoms with van der Waals surface area (Å²) in [4.78, 5) is 61.2. The topological polar surface area (TPSA) is 161 Å². The van der Waals surface area contributed by atoms with Gasteiger partial charge in [0.15, 0.2) is 11.3 Å². The van der Waals surface area contributed by atoms with Crippen molar-refractivity contribution in [1.82, 2.24) is 57.7 Å². The van der Waals surface area contributed by atoms with Crippen LogP contribution in [0.25, 0.3) is 56.2 Å². The van der Waals surface area contributed by atoms with Crippen molar-refractivity contribution < 1.29 is 13.5 Å². The first-order valence-corrected chi connectivity index (χ1v) is 19.8. The van der Waals surface area contributed by atoms with Gasteiger partial charge in [0.05, 0.1) is 52.0 Å². The van der Waals surface area contributed by atoms with Gasteiger partial charge < -0.3 is 9.72 Å². The Morgan fingerprint density at radius 3 is 2.51 bits per heavy atom. The fraction of sp³-hybridized carbons (Fsp3) is 0.182. The Balaban J connectivity index is 1.06. The van der Waals surface area contributed by atoms with E-state index in [4.69, 9.17) is 24.7 Å². The van der Waals surface area contributed by atoms with Crippen molar-refractivity contribution in [3.05, 3.63) is 159 Å². The molecule has 1 aliphatic heterocycles. The molecule has 61 heavy (non-hydrogen) atoms. The van der Waals surface area contributed by atoms with Crippen molar-refractivity contribution in [2.24, 2.45) is 0 Å². The lowest BCUT2D eigenvalue weighted by atomic mass is 9.77. The van der Waals surface area contributed by atoms with E-state index in [1.54, 1.807) is 72.1 Å². The molecule has 12 rings (SSSR count). The molecule has 17 heteroatoms. The maximum atomic E-state index is 15.3. The fourth-order valence-electron chi connectivity index (χ4n) is 9.58. The van der Waals surface area contributed by atoms with E-state index >= 15 is 4.79 Å². The number of pyridine rings is 2. The number of ether oxygens (including phenoxy) is 1. The van der Waals surface area contributed by atoms with E-state index in [0.717, 1.165) is 16.6 Å². The van der Waals surface area contributed by atoms with E-state index in [1.165, 1.54) is 24.3 Å². The number of aromatic amines is 1. The third-order valence-corrected chi connectivity index (χ3v) is 12.3. The van der Waals surface area contributed by atoms with Crippen molar-refractivity contribution in [1.29, 1.82) is 0 Å². The van der Waals surface area contributed by atoms with Gasteiger partial charge in [0.2, 0.25) is 5.95 Å². The van der Waals surface area contributed by atoms with Gasteiger partial charge in [-0.05, 0) is 79.6 Å². The second kappa shape index (κ2) is 12.8. The van der Waals surface area contributed by atoms with Gasteiger partial charge in [-0.25, -0.2) is 38.3 Å². The smallest absolute Gasteiger partial charge is 0.331 e. The first-order chi connectivity index (χ1) is 29.7. The molecule has 0 amide bonds. The number of para-hydroxylation sites is 2. The number of hydrogen-bond donors (Lipinski definition) is 1. The van der Waals surface area contributed by atoms with Gasteiger partial charge in [-0.2, -0.15) is 4.98 Å². The number of nitrogens with zero attached hydrogens (tertiary/aromatic N) is 11. The third kappa shape index (κ3) is 5.19. The van der Waals surface area contributed by atoms with Crippen LogP contribution in [0.15, 0.2) is 120 Å². The number of halogens is 2. The average molecular weight is 815 g/mol. The summed E-state index contributed by atoms with van der Waals surface area (Å²) in [7, 11) is 0. The minimum atomic E-state index is -1.10. The van der Waals surface area contributed by atoms with Gasteiger partial charge in [-0.1, -0.05) is 18.2 Å². The molecule has 0 fully saturated rings. The average Bonchev–Trinajstić information content (AvgIpc) is 4.04. The van der Waals surface area contributed by atoms with E-state index in [0.29, 0.717) is 81.6 Å². The second-order valence-electron chi connectivity index (χ2n) is 15.7. The summed E-state index contributed by atoms with van der Waals surface area (Å²) in [6.45, 7) is 2.25. The summed E-state index contributed by atoms with van der Waals surface area (Å²) >= 11 is 0. The lowest BCUT2D eigenvalue weighted by Gasteiger charge is -2.40. The normalized spacial score (nSPS) is 18.8. The van der Waals surface area contributed by atoms with Crippen molar-refractivity contribution in [2.75, 3.05) is 6.61 Å². The van der Waals surface area contributed by atoms with Crippen LogP contribution in [-0.2, 0) is 12.0 Å². The summed E-state index contributed by atoms with van der Waals surface area (Å²) in [6.07, 6.45) is 7.55. The lowest BCUT2D eigenvalue weighted by molar-refractivity contribution is 0.247. The molecule has 2 aliphatic rings. The molecule has 1 N–H and O–H groups in total. The number of rotatable bonds is 5. The Morgan fingerprint density at radius 1 is 0.787 bits per heavy atom. The van der Waals surface area contributed by atoms with Crippen LogP contribution in [0.1, 0.15) is 48.7 Å². The monoisotopic (exact) mass is 814 g/mol. The van der Waals surface area contributed by atoms with Gasteiger partial charge in [-0.15, -0.1) is 0 Å². The van der Waals surface area contributed by atoms with Crippen LogP contribution in [0, 0.1) is 11.6 Å². The number of hydrogen-bond acceptors (Lipinski definition) is 9. The van der Waals surface area contributed by atoms with Crippen LogP contribution < -0.4 is 16.1 Å². The SMILES string of the molecule is C[C@]1(n2c(=O)[nH]c3ccc(-n4cnc5ccc(F)cc54)nc32)CC(n2c(=O)n(C3CCOc4ccc(F)cc43)c3nc(-n4cnc5ccccc54)ncc32)Cc2ncccc21. The number of H-pyrrole nitrogens is 1. The molecule has 0 saturated carbocycles. The highest BCUT2D eigenvalue weighted by atomic mass is 19.1. The fourth-order valence-corrected chi connectivity index (χ4v) is 9.58. The largest absolute Gasteiger partial charge is 0.493 e. The van der Waals surface area contributed by atoms with Crippen molar-refractivity contribution in [2.45, 2.75) is 43.8 Å². The van der Waals surface area contributed by atoms with E-state index in [2.05, 4.69) is 15.0 Å². The maximum absolute atomic E-state index is 15.3. The molecule has 1 aliphatic carbocycles. The zero-order chi connectivity index (χ0) is 41.1. The highest BCUT2D eigenvalue weighted by Gasteiger charge is 2.44. The highest BCUT2D eigenvalue weighted by molar-refractivity contribution is 5.80. The van der Waals surface area contributed by atoms with Crippen molar-refractivity contribution in [3.63, 3.8) is 0 Å². The molecule has 2 unspecified atom stereocenters. The van der Waals surface area contributed by atoms with Crippen molar-refractivity contribution in [3.8, 4) is 17.5 Å². The highest BCUT2D eigenvalue weighted by Crippen LogP contribution is 2.44. The van der Waals surface area contributed by atoms with E-state index < -0.39 is 34.9 Å². The van der Waals surface area contributed by atoms with Gasteiger partial charge >= 0.3 is 11.4 Å². The molecule has 300 valence electrons. The van der Waals surface area contributed by atoms with Gasteiger partial charge in [0, 0.05) is 42.4 Å². The first-order valence-electron chi connectivity index (χ1n) is 19.8. The number of nitrogens with one attached hydrogen (secondary N) is 1. The van der Waals surface area contributed by atoms with E-state index in [1.807, 2.05) is 43.3 Å². The first kappa shape index (κ1) is 35.2.